The van der Waals surface area contributed by atoms with Crippen LogP contribution in [0.4, 0.5) is 5.69 Å². The van der Waals surface area contributed by atoms with Crippen molar-refractivity contribution in [3.8, 4) is 0 Å². The minimum Gasteiger partial charge on any atom is -0.351 e. The van der Waals surface area contributed by atoms with Gasteiger partial charge in [-0.3, -0.25) is 14.9 Å². The van der Waals surface area contributed by atoms with Gasteiger partial charge in [0.05, 0.1) is 15.1 Å². The van der Waals surface area contributed by atoms with Crippen LogP contribution >= 0.6 is 15.9 Å². The van der Waals surface area contributed by atoms with Crippen molar-refractivity contribution >= 4 is 37.5 Å². The molecule has 10 heteroatoms. The number of amides is 1. The molecule has 1 aromatic rings. The van der Waals surface area contributed by atoms with Crippen molar-refractivity contribution in [1.82, 2.24) is 10.0 Å². The Morgan fingerprint density at radius 2 is 2.10 bits per heavy atom. The average molecular weight is 380 g/mol. The summed E-state index contributed by atoms with van der Waals surface area (Å²) in [5.41, 5.74) is -0.145. The highest BCUT2D eigenvalue weighted by Crippen LogP contribution is 2.25. The Bertz CT molecular complexity index is 647. The molecule has 1 rings (SSSR count). The molecule has 0 fully saturated rings. The van der Waals surface area contributed by atoms with E-state index in [4.69, 9.17) is 0 Å². The van der Waals surface area contributed by atoms with Crippen LogP contribution in [0.1, 0.15) is 17.3 Å². The van der Waals surface area contributed by atoms with Gasteiger partial charge < -0.3 is 5.32 Å². The number of hydrogen-bond acceptors (Lipinski definition) is 5. The predicted molar refractivity (Wildman–Crippen MR) is 80.6 cm³/mol. The number of sulfonamides is 1. The monoisotopic (exact) mass is 379 g/mol. The van der Waals surface area contributed by atoms with E-state index < -0.39 is 20.9 Å². The molecule has 0 aromatic heterocycles. The molecule has 0 spiro atoms. The SMILES string of the molecule is CCNS(=O)(=O)CCNC(=O)c1ccc(Br)c([N+](=O)[O-])c1. The molecule has 8 nitrogen and oxygen atoms in total. The normalized spacial score (nSPS) is 11.1. The van der Waals surface area contributed by atoms with Crippen molar-refractivity contribution < 1.29 is 18.1 Å². The molecule has 0 saturated heterocycles. The number of nitrogens with zero attached hydrogens (tertiary/aromatic N) is 1. The second-order valence-electron chi connectivity index (χ2n) is 4.00. The zero-order valence-corrected chi connectivity index (χ0v) is 13.5. The van der Waals surface area contributed by atoms with Crippen LogP contribution in [0.25, 0.3) is 0 Å². The van der Waals surface area contributed by atoms with E-state index in [1.165, 1.54) is 12.1 Å². The maximum atomic E-state index is 11.8. The molecule has 116 valence electrons. The predicted octanol–water partition coefficient (Wildman–Crippen LogP) is 1.03. The molecule has 0 unspecified atom stereocenters. The Morgan fingerprint density at radius 1 is 1.43 bits per heavy atom. The van der Waals surface area contributed by atoms with Gasteiger partial charge in [-0.25, -0.2) is 13.1 Å². The molecule has 0 aliphatic heterocycles. The van der Waals surface area contributed by atoms with Gasteiger partial charge in [-0.05, 0) is 28.1 Å². The molecule has 0 aliphatic carbocycles. The van der Waals surface area contributed by atoms with Crippen LogP contribution in [0.5, 0.6) is 0 Å². The fourth-order valence-electron chi connectivity index (χ4n) is 1.49. The molecule has 0 aliphatic rings. The summed E-state index contributed by atoms with van der Waals surface area (Å²) in [4.78, 5) is 22.0. The van der Waals surface area contributed by atoms with E-state index in [0.29, 0.717) is 0 Å². The summed E-state index contributed by atoms with van der Waals surface area (Å²) in [6.07, 6.45) is 0. The molecule has 0 atom stereocenters. The van der Waals surface area contributed by atoms with Gasteiger partial charge in [0.15, 0.2) is 0 Å². The number of hydrogen-bond donors (Lipinski definition) is 2. The fraction of sp³-hybridized carbons (Fsp3) is 0.364. The van der Waals surface area contributed by atoms with E-state index in [9.17, 15) is 23.3 Å². The molecular weight excluding hydrogens is 366 g/mol. The van der Waals surface area contributed by atoms with Gasteiger partial charge in [0.1, 0.15) is 0 Å². The molecule has 0 radical (unpaired) electrons. The molecule has 0 saturated carbocycles. The van der Waals surface area contributed by atoms with Crippen LogP contribution in [0.15, 0.2) is 22.7 Å². The number of carbonyl (C=O) groups is 1. The highest BCUT2D eigenvalue weighted by molar-refractivity contribution is 9.10. The van der Waals surface area contributed by atoms with E-state index in [-0.39, 0.29) is 34.6 Å². The lowest BCUT2D eigenvalue weighted by molar-refractivity contribution is -0.385. The number of nitro benzene ring substituents is 1. The van der Waals surface area contributed by atoms with Crippen molar-refractivity contribution in [3.63, 3.8) is 0 Å². The summed E-state index contributed by atoms with van der Waals surface area (Å²) in [7, 11) is -3.42. The van der Waals surface area contributed by atoms with Gasteiger partial charge in [0.25, 0.3) is 11.6 Å². The Balaban J connectivity index is 2.69. The molecule has 0 heterocycles. The highest BCUT2D eigenvalue weighted by Gasteiger charge is 2.16. The van der Waals surface area contributed by atoms with Gasteiger partial charge in [0, 0.05) is 24.7 Å². The van der Waals surface area contributed by atoms with Crippen LogP contribution in [-0.2, 0) is 10.0 Å². The van der Waals surface area contributed by atoms with Gasteiger partial charge >= 0.3 is 0 Å². The zero-order valence-electron chi connectivity index (χ0n) is 11.1. The zero-order chi connectivity index (χ0) is 16.0. The van der Waals surface area contributed by atoms with Gasteiger partial charge in [-0.15, -0.1) is 0 Å². The first-order valence-electron chi connectivity index (χ1n) is 5.96. The molecule has 1 aromatic carbocycles. The Labute approximate surface area is 130 Å². The minimum absolute atomic E-state index is 0.0853. The topological polar surface area (TPSA) is 118 Å². The Kier molecular flexibility index (Phi) is 6.24. The minimum atomic E-state index is -3.42. The van der Waals surface area contributed by atoms with Crippen LogP contribution in [0.3, 0.4) is 0 Å². The number of nitro groups is 1. The summed E-state index contributed by atoms with van der Waals surface area (Å²) < 4.78 is 25.3. The quantitative estimate of drug-likeness (QED) is 0.541. The van der Waals surface area contributed by atoms with E-state index in [2.05, 4.69) is 26.0 Å². The third-order valence-corrected chi connectivity index (χ3v) is 4.57. The van der Waals surface area contributed by atoms with E-state index >= 15 is 0 Å². The van der Waals surface area contributed by atoms with Crippen molar-refractivity contribution in [2.45, 2.75) is 6.92 Å². The van der Waals surface area contributed by atoms with E-state index in [1.54, 1.807) is 6.92 Å². The average Bonchev–Trinajstić information content (AvgIpc) is 2.38. The van der Waals surface area contributed by atoms with Crippen molar-refractivity contribution in [1.29, 1.82) is 0 Å². The summed E-state index contributed by atoms with van der Waals surface area (Å²) in [5.74, 6) is -0.831. The first kappa shape index (κ1) is 17.5. The Hall–Kier alpha value is -1.52. The number of benzene rings is 1. The van der Waals surface area contributed by atoms with Crippen LogP contribution in [0, 0.1) is 10.1 Å². The lowest BCUT2D eigenvalue weighted by Gasteiger charge is -2.07. The maximum absolute atomic E-state index is 11.8. The van der Waals surface area contributed by atoms with Crippen LogP contribution in [0.2, 0.25) is 0 Å². The summed E-state index contributed by atoms with van der Waals surface area (Å²) in [6, 6.07) is 3.92. The summed E-state index contributed by atoms with van der Waals surface area (Å²) in [6.45, 7) is 1.84. The van der Waals surface area contributed by atoms with Crippen LogP contribution < -0.4 is 10.0 Å². The first-order valence-corrected chi connectivity index (χ1v) is 8.41. The summed E-state index contributed by atoms with van der Waals surface area (Å²) in [5, 5.41) is 13.2. The van der Waals surface area contributed by atoms with Gasteiger partial charge in [-0.1, -0.05) is 6.92 Å². The maximum Gasteiger partial charge on any atom is 0.284 e. The molecule has 2 N–H and O–H groups in total. The highest BCUT2D eigenvalue weighted by atomic mass is 79.9. The largest absolute Gasteiger partial charge is 0.351 e. The van der Waals surface area contributed by atoms with Crippen LogP contribution in [-0.4, -0.2) is 38.1 Å². The second-order valence-corrected chi connectivity index (χ2v) is 6.78. The fourth-order valence-corrected chi connectivity index (χ4v) is 2.83. The Morgan fingerprint density at radius 3 is 2.67 bits per heavy atom. The third-order valence-electron chi connectivity index (χ3n) is 2.43. The van der Waals surface area contributed by atoms with E-state index in [0.717, 1.165) is 6.07 Å². The molecule has 21 heavy (non-hydrogen) atoms. The number of nitrogens with one attached hydrogen (secondary N) is 2. The lowest BCUT2D eigenvalue weighted by atomic mass is 10.2. The van der Waals surface area contributed by atoms with Crippen molar-refractivity contribution in [2.24, 2.45) is 0 Å². The standard InChI is InChI=1S/C11H14BrN3O5S/c1-2-14-21(19,20)6-5-13-11(16)8-3-4-9(12)10(7-8)15(17)18/h3-4,7,14H,2,5-6H2,1H3,(H,13,16). The van der Waals surface area contributed by atoms with Gasteiger partial charge in [0.2, 0.25) is 10.0 Å². The van der Waals surface area contributed by atoms with Crippen molar-refractivity contribution in [2.75, 3.05) is 18.8 Å². The smallest absolute Gasteiger partial charge is 0.284 e. The number of halogens is 1. The lowest BCUT2D eigenvalue weighted by Crippen LogP contribution is -2.34. The first-order chi connectivity index (χ1) is 9.76. The van der Waals surface area contributed by atoms with Crippen molar-refractivity contribution in [3.05, 3.63) is 38.3 Å². The molecule has 1 amide bonds. The second kappa shape index (κ2) is 7.48. The molecule has 0 bridgehead atoms. The van der Waals surface area contributed by atoms with E-state index in [1.807, 2.05) is 0 Å². The number of carbonyl (C=O) groups excluding carboxylic acids is 1. The van der Waals surface area contributed by atoms with Gasteiger partial charge in [-0.2, -0.15) is 0 Å². The summed E-state index contributed by atoms with van der Waals surface area (Å²) >= 11 is 3.02. The third kappa shape index (κ3) is 5.40. The molecular formula is C11H14BrN3O5S. The number of rotatable bonds is 7.